The molecule has 0 saturated heterocycles. The molecule has 0 bridgehead atoms. The van der Waals surface area contributed by atoms with E-state index in [1.54, 1.807) is 34.6 Å². The van der Waals surface area contributed by atoms with Crippen LogP contribution >= 0.6 is 0 Å². The van der Waals surface area contributed by atoms with Crippen LogP contribution in [-0.2, 0) is 16.0 Å². The molecule has 8 nitrogen and oxygen atoms in total. The van der Waals surface area contributed by atoms with Crippen molar-refractivity contribution in [1.29, 1.82) is 0 Å². The van der Waals surface area contributed by atoms with Crippen LogP contribution in [0.1, 0.15) is 138 Å². The van der Waals surface area contributed by atoms with Crippen molar-refractivity contribution in [3.63, 3.8) is 0 Å². The van der Waals surface area contributed by atoms with Crippen molar-refractivity contribution in [3.8, 4) is 0 Å². The van der Waals surface area contributed by atoms with Crippen LogP contribution in [-0.4, -0.2) is 34.5 Å². The first kappa shape index (κ1) is 38.2. The molecule has 2 rings (SSSR count). The average Bonchev–Trinajstić information content (AvgIpc) is 2.99. The fraction of sp³-hybridized carbons (Fsp3) is 0.649. The van der Waals surface area contributed by atoms with Crippen LogP contribution in [0.2, 0.25) is 0 Å². The number of rotatable bonds is 14. The van der Waals surface area contributed by atoms with Crippen LogP contribution < -0.4 is 10.9 Å². The highest BCUT2D eigenvalue weighted by atomic mass is 16.5. The Morgan fingerprint density at radius 3 is 1.82 bits per heavy atom. The SMILES string of the molecule is CCc1oc(C(C)/C=C(\C)C(O)C(C)C(OC(=O)CC(C)C)C(C)c2oc(C(C)C(O)CC)c(C)c(=O)c2C)c(C)c(=O)c1C. The lowest BCUT2D eigenvalue weighted by atomic mass is 9.83. The van der Waals surface area contributed by atoms with Gasteiger partial charge in [-0.2, -0.15) is 0 Å². The Hall–Kier alpha value is -2.97. The number of aliphatic hydroxyl groups excluding tert-OH is 2. The zero-order valence-corrected chi connectivity index (χ0v) is 29.7. The minimum atomic E-state index is -1.02. The number of carbonyl (C=O) groups excluding carboxylic acids is 1. The Morgan fingerprint density at radius 2 is 1.31 bits per heavy atom. The van der Waals surface area contributed by atoms with Gasteiger partial charge in [0, 0.05) is 52.8 Å². The Morgan fingerprint density at radius 1 is 0.800 bits per heavy atom. The first-order chi connectivity index (χ1) is 20.9. The summed E-state index contributed by atoms with van der Waals surface area (Å²) in [6, 6.07) is 0. The van der Waals surface area contributed by atoms with Gasteiger partial charge in [0.15, 0.2) is 10.9 Å². The van der Waals surface area contributed by atoms with E-state index in [9.17, 15) is 24.6 Å². The van der Waals surface area contributed by atoms with E-state index in [1.165, 1.54) is 0 Å². The minimum absolute atomic E-state index is 0.0408. The number of hydrogen-bond donors (Lipinski definition) is 2. The number of carbonyl (C=O) groups is 1. The minimum Gasteiger partial charge on any atom is -0.465 e. The van der Waals surface area contributed by atoms with E-state index >= 15 is 0 Å². The molecular formula is C37H56O8. The van der Waals surface area contributed by atoms with E-state index in [2.05, 4.69) is 0 Å². The molecule has 7 unspecified atom stereocenters. The molecule has 7 atom stereocenters. The molecule has 2 heterocycles. The molecule has 0 aliphatic rings. The van der Waals surface area contributed by atoms with E-state index in [4.69, 9.17) is 13.6 Å². The molecule has 45 heavy (non-hydrogen) atoms. The predicted octanol–water partition coefficient (Wildman–Crippen LogP) is 7.07. The molecule has 2 N–H and O–H groups in total. The van der Waals surface area contributed by atoms with Gasteiger partial charge < -0.3 is 23.8 Å². The van der Waals surface area contributed by atoms with Crippen molar-refractivity contribution in [2.24, 2.45) is 11.8 Å². The fourth-order valence-corrected chi connectivity index (χ4v) is 6.26. The Balaban J connectivity index is 2.59. The number of ether oxygens (including phenoxy) is 1. The Kier molecular flexibility index (Phi) is 13.6. The van der Waals surface area contributed by atoms with Gasteiger partial charge in [0.25, 0.3) is 0 Å². The lowest BCUT2D eigenvalue weighted by molar-refractivity contribution is -0.156. The number of esters is 1. The molecule has 0 aliphatic heterocycles. The molecule has 0 amide bonds. The van der Waals surface area contributed by atoms with Gasteiger partial charge in [-0.05, 0) is 52.5 Å². The van der Waals surface area contributed by atoms with Crippen LogP contribution in [0.4, 0.5) is 0 Å². The average molecular weight is 629 g/mol. The van der Waals surface area contributed by atoms with Gasteiger partial charge >= 0.3 is 5.97 Å². The van der Waals surface area contributed by atoms with Crippen molar-refractivity contribution in [1.82, 2.24) is 0 Å². The monoisotopic (exact) mass is 628 g/mol. The third kappa shape index (κ3) is 8.64. The van der Waals surface area contributed by atoms with Crippen molar-refractivity contribution < 1.29 is 28.6 Å². The normalized spacial score (nSPS) is 17.0. The van der Waals surface area contributed by atoms with Crippen LogP contribution in [0.5, 0.6) is 0 Å². The third-order valence-corrected chi connectivity index (χ3v) is 9.23. The number of hydrogen-bond acceptors (Lipinski definition) is 8. The zero-order chi connectivity index (χ0) is 34.5. The molecule has 8 heteroatoms. The summed E-state index contributed by atoms with van der Waals surface area (Å²) in [7, 11) is 0. The lowest BCUT2D eigenvalue weighted by Crippen LogP contribution is -2.38. The topological polar surface area (TPSA) is 127 Å². The van der Waals surface area contributed by atoms with Gasteiger partial charge in [-0.15, -0.1) is 0 Å². The highest BCUT2D eigenvalue weighted by molar-refractivity contribution is 5.70. The summed E-state index contributed by atoms with van der Waals surface area (Å²) in [6.07, 6.45) is 0.622. The number of aryl methyl sites for hydroxylation is 1. The van der Waals surface area contributed by atoms with Crippen molar-refractivity contribution in [2.75, 3.05) is 0 Å². The van der Waals surface area contributed by atoms with E-state index in [0.29, 0.717) is 63.7 Å². The molecule has 0 aromatic carbocycles. The fourth-order valence-electron chi connectivity index (χ4n) is 6.26. The first-order valence-corrected chi connectivity index (χ1v) is 16.4. The van der Waals surface area contributed by atoms with Gasteiger partial charge in [0.05, 0.1) is 18.1 Å². The largest absolute Gasteiger partial charge is 0.465 e. The second kappa shape index (κ2) is 16.0. The van der Waals surface area contributed by atoms with Gasteiger partial charge in [-0.25, -0.2) is 0 Å². The van der Waals surface area contributed by atoms with E-state index in [-0.39, 0.29) is 29.1 Å². The summed E-state index contributed by atoms with van der Waals surface area (Å²) in [4.78, 5) is 39.3. The number of allylic oxidation sites excluding steroid dienone is 1. The Bertz CT molecular complexity index is 1480. The maximum Gasteiger partial charge on any atom is 0.306 e. The third-order valence-electron chi connectivity index (χ3n) is 9.23. The van der Waals surface area contributed by atoms with Gasteiger partial charge in [-0.1, -0.05) is 61.5 Å². The molecule has 2 aromatic heterocycles. The first-order valence-electron chi connectivity index (χ1n) is 16.4. The molecule has 0 aliphatic carbocycles. The molecule has 0 fully saturated rings. The summed E-state index contributed by atoms with van der Waals surface area (Å²) in [5.74, 6) is -0.230. The van der Waals surface area contributed by atoms with Gasteiger partial charge in [0.2, 0.25) is 0 Å². The summed E-state index contributed by atoms with van der Waals surface area (Å²) in [5, 5.41) is 22.2. The second-order valence-corrected chi connectivity index (χ2v) is 13.3. The highest BCUT2D eigenvalue weighted by Crippen LogP contribution is 2.35. The van der Waals surface area contributed by atoms with Crippen LogP contribution in [0.15, 0.2) is 30.1 Å². The molecule has 2 aromatic rings. The molecular weight excluding hydrogens is 572 g/mol. The molecule has 252 valence electrons. The van der Waals surface area contributed by atoms with E-state index in [1.807, 2.05) is 61.5 Å². The van der Waals surface area contributed by atoms with Gasteiger partial charge in [0.1, 0.15) is 29.1 Å². The summed E-state index contributed by atoms with van der Waals surface area (Å²) < 4.78 is 18.6. The molecule has 0 radical (unpaired) electrons. The smallest absolute Gasteiger partial charge is 0.306 e. The highest BCUT2D eigenvalue weighted by Gasteiger charge is 2.37. The van der Waals surface area contributed by atoms with Crippen LogP contribution in [0.3, 0.4) is 0 Å². The summed E-state index contributed by atoms with van der Waals surface area (Å²) >= 11 is 0. The maximum atomic E-state index is 13.4. The molecule has 0 saturated carbocycles. The van der Waals surface area contributed by atoms with E-state index in [0.717, 1.165) is 0 Å². The summed E-state index contributed by atoms with van der Waals surface area (Å²) in [6.45, 7) is 23.8. The predicted molar refractivity (Wildman–Crippen MR) is 178 cm³/mol. The van der Waals surface area contributed by atoms with Crippen molar-refractivity contribution >= 4 is 5.97 Å². The lowest BCUT2D eigenvalue weighted by Gasteiger charge is -2.33. The number of aliphatic hydroxyl groups is 2. The zero-order valence-electron chi connectivity index (χ0n) is 29.7. The van der Waals surface area contributed by atoms with Gasteiger partial charge in [-0.3, -0.25) is 14.4 Å². The Labute approximate surface area is 268 Å². The van der Waals surface area contributed by atoms with Crippen molar-refractivity contribution in [3.05, 3.63) is 77.4 Å². The quantitative estimate of drug-likeness (QED) is 0.168. The summed E-state index contributed by atoms with van der Waals surface area (Å²) in [5.41, 5.74) is 2.42. The van der Waals surface area contributed by atoms with Crippen molar-refractivity contribution in [2.45, 2.75) is 145 Å². The maximum absolute atomic E-state index is 13.4. The van der Waals surface area contributed by atoms with Crippen LogP contribution in [0, 0.1) is 39.5 Å². The van der Waals surface area contributed by atoms with E-state index < -0.39 is 42.0 Å². The van der Waals surface area contributed by atoms with Crippen LogP contribution in [0.25, 0.3) is 0 Å². The standard InChI is InChI=1S/C37H56O8/c1-14-28(38)21(7)35-25(11)33(42)26(12)37(45-35)27(13)36(44-30(39)16-18(3)4)23(9)31(40)19(5)17-20(6)34-24(10)32(41)22(8)29(15-2)43-34/h17-18,20-21,23,27-28,31,36,38,40H,14-16H2,1-13H3/b19-17+. The second-order valence-electron chi connectivity index (χ2n) is 13.3. The molecule has 0 spiro atoms.